The van der Waals surface area contributed by atoms with Crippen LogP contribution in [0.5, 0.6) is 0 Å². The van der Waals surface area contributed by atoms with E-state index in [1.807, 2.05) is 0 Å². The minimum Gasteiger partial charge on any atom is -0.398 e. The zero-order valence-electron chi connectivity index (χ0n) is 12.9. The number of anilines is 1. The van der Waals surface area contributed by atoms with Crippen LogP contribution in [0.3, 0.4) is 0 Å². The highest BCUT2D eigenvalue weighted by Crippen LogP contribution is 2.30. The maximum absolute atomic E-state index is 9.85. The van der Waals surface area contributed by atoms with Gasteiger partial charge in [0.2, 0.25) is 0 Å². The Morgan fingerprint density at radius 1 is 1.25 bits per heavy atom. The Balaban J connectivity index is 3.10. The lowest BCUT2D eigenvalue weighted by atomic mass is 9.76. The summed E-state index contributed by atoms with van der Waals surface area (Å²) in [7, 11) is 6.12. The number of nitrogens with two attached hydrogens (primary N) is 2. The highest BCUT2D eigenvalue weighted by Gasteiger charge is 2.18. The van der Waals surface area contributed by atoms with Crippen LogP contribution in [0.15, 0.2) is 12.1 Å². The minimum atomic E-state index is -0.690. The van der Waals surface area contributed by atoms with Gasteiger partial charge in [-0.1, -0.05) is 25.5 Å². The average Bonchev–Trinajstić information content (AvgIpc) is 2.36. The fourth-order valence-electron chi connectivity index (χ4n) is 2.43. The summed E-state index contributed by atoms with van der Waals surface area (Å²) in [6, 6.07) is 4.16. The van der Waals surface area contributed by atoms with Crippen LogP contribution in [0.1, 0.15) is 56.1 Å². The summed E-state index contributed by atoms with van der Waals surface area (Å²) in [4.78, 5) is 0. The summed E-state index contributed by atoms with van der Waals surface area (Å²) < 4.78 is 0. The van der Waals surface area contributed by atoms with Crippen molar-refractivity contribution in [3.05, 3.63) is 28.8 Å². The fourth-order valence-corrected chi connectivity index (χ4v) is 2.43. The molecule has 0 aliphatic rings. The van der Waals surface area contributed by atoms with Crippen LogP contribution in [-0.4, -0.2) is 25.1 Å². The predicted octanol–water partition coefficient (Wildman–Crippen LogP) is 2.09. The molecule has 3 nitrogen and oxygen atoms in total. The van der Waals surface area contributed by atoms with Crippen molar-refractivity contribution in [1.82, 2.24) is 0 Å². The van der Waals surface area contributed by atoms with Gasteiger partial charge < -0.3 is 16.6 Å². The molecule has 0 saturated carbocycles. The van der Waals surface area contributed by atoms with Gasteiger partial charge in [-0.05, 0) is 62.2 Å². The molecule has 1 unspecified atom stereocenters. The van der Waals surface area contributed by atoms with Crippen LogP contribution in [0, 0.1) is 0 Å². The molecule has 0 fully saturated rings. The van der Waals surface area contributed by atoms with Crippen molar-refractivity contribution in [3.8, 4) is 0 Å². The highest BCUT2D eigenvalue weighted by atomic mass is 16.3. The van der Waals surface area contributed by atoms with E-state index >= 15 is 0 Å². The van der Waals surface area contributed by atoms with E-state index < -0.39 is 5.60 Å². The van der Waals surface area contributed by atoms with Crippen molar-refractivity contribution in [3.63, 3.8) is 0 Å². The van der Waals surface area contributed by atoms with Gasteiger partial charge in [0, 0.05) is 5.69 Å². The molecule has 110 valence electrons. The largest absolute Gasteiger partial charge is 0.398 e. The molecule has 0 saturated heterocycles. The molecule has 1 rings (SSSR count). The van der Waals surface area contributed by atoms with Crippen LogP contribution in [0.25, 0.3) is 0 Å². The summed E-state index contributed by atoms with van der Waals surface area (Å²) >= 11 is 0. The molecule has 0 aliphatic carbocycles. The van der Waals surface area contributed by atoms with Crippen LogP contribution >= 0.6 is 0 Å². The maximum atomic E-state index is 9.85. The molecule has 0 aliphatic heterocycles. The lowest BCUT2D eigenvalue weighted by molar-refractivity contribution is 0.0714. The van der Waals surface area contributed by atoms with Crippen molar-refractivity contribution >= 4 is 13.5 Å². The van der Waals surface area contributed by atoms with Gasteiger partial charge in [-0.25, -0.2) is 0 Å². The van der Waals surface area contributed by atoms with Gasteiger partial charge in [0.1, 0.15) is 0 Å². The molecule has 0 bridgehead atoms. The van der Waals surface area contributed by atoms with E-state index in [0.717, 1.165) is 36.1 Å². The smallest absolute Gasteiger partial charge is 0.0782 e. The number of nitrogen functional groups attached to an aromatic ring is 1. The second-order valence-corrected chi connectivity index (χ2v) is 6.12. The van der Waals surface area contributed by atoms with E-state index in [-0.39, 0.29) is 5.82 Å². The molecule has 1 atom stereocenters. The Kier molecular flexibility index (Phi) is 6.09. The SMILES string of the molecule is [B]C(CN)c1c(CCC)ccc(CCC(C)(C)O)c1N. The number of hydrogen-bond acceptors (Lipinski definition) is 3. The van der Waals surface area contributed by atoms with Crippen molar-refractivity contribution in [2.24, 2.45) is 5.73 Å². The Labute approximate surface area is 124 Å². The zero-order valence-corrected chi connectivity index (χ0v) is 12.9. The average molecular weight is 274 g/mol. The molecular formula is C16H27BN2O. The van der Waals surface area contributed by atoms with E-state index in [2.05, 4.69) is 19.1 Å². The summed E-state index contributed by atoms with van der Waals surface area (Å²) in [5.41, 5.74) is 15.3. The molecule has 0 aromatic heterocycles. The number of aryl methyl sites for hydroxylation is 2. The normalized spacial score (nSPS) is 13.4. The molecule has 1 aromatic rings. The summed E-state index contributed by atoms with van der Waals surface area (Å²) in [6.07, 6.45) is 3.42. The van der Waals surface area contributed by atoms with Gasteiger partial charge in [-0.15, -0.1) is 0 Å². The summed E-state index contributed by atoms with van der Waals surface area (Å²) in [5, 5.41) is 9.85. The Hall–Kier alpha value is -0.995. The second kappa shape index (κ2) is 7.14. The first kappa shape index (κ1) is 17.1. The Bertz CT molecular complexity index is 441. The van der Waals surface area contributed by atoms with Crippen molar-refractivity contribution in [1.29, 1.82) is 0 Å². The number of hydrogen-bond donors (Lipinski definition) is 3. The van der Waals surface area contributed by atoms with E-state index in [9.17, 15) is 5.11 Å². The number of aliphatic hydroxyl groups is 1. The molecule has 20 heavy (non-hydrogen) atoms. The standard InChI is InChI=1S/C16H27BN2O/c1-4-5-11-6-7-12(8-9-16(2,3)20)15(19)14(11)13(17)10-18/h6-7,13,20H,4-5,8-10,18-19H2,1-3H3. The molecular weight excluding hydrogens is 247 g/mol. The van der Waals surface area contributed by atoms with Gasteiger partial charge in [-0.3, -0.25) is 0 Å². The van der Waals surface area contributed by atoms with E-state index in [1.54, 1.807) is 13.8 Å². The van der Waals surface area contributed by atoms with E-state index in [4.69, 9.17) is 19.3 Å². The van der Waals surface area contributed by atoms with Gasteiger partial charge in [-0.2, -0.15) is 0 Å². The van der Waals surface area contributed by atoms with Gasteiger partial charge >= 0.3 is 0 Å². The maximum Gasteiger partial charge on any atom is 0.0782 e. The molecule has 0 spiro atoms. The number of rotatable bonds is 7. The van der Waals surface area contributed by atoms with Crippen LogP contribution < -0.4 is 11.5 Å². The Morgan fingerprint density at radius 2 is 1.85 bits per heavy atom. The first-order chi connectivity index (χ1) is 9.30. The van der Waals surface area contributed by atoms with Crippen molar-refractivity contribution in [2.75, 3.05) is 12.3 Å². The molecule has 0 heterocycles. The van der Waals surface area contributed by atoms with Gasteiger partial charge in [0.05, 0.1) is 13.4 Å². The lowest BCUT2D eigenvalue weighted by Gasteiger charge is -2.22. The first-order valence-corrected chi connectivity index (χ1v) is 7.38. The highest BCUT2D eigenvalue weighted by molar-refractivity contribution is 6.13. The molecule has 4 heteroatoms. The Morgan fingerprint density at radius 3 is 2.35 bits per heavy atom. The second-order valence-electron chi connectivity index (χ2n) is 6.12. The van der Waals surface area contributed by atoms with Gasteiger partial charge in [0.15, 0.2) is 0 Å². The fraction of sp³-hybridized carbons (Fsp3) is 0.625. The molecule has 2 radical (unpaired) electrons. The third-order valence-corrected chi connectivity index (χ3v) is 3.62. The quantitative estimate of drug-likeness (QED) is 0.526. The van der Waals surface area contributed by atoms with E-state index in [0.29, 0.717) is 13.0 Å². The van der Waals surface area contributed by atoms with Crippen LogP contribution in [0.4, 0.5) is 5.69 Å². The summed E-state index contributed by atoms with van der Waals surface area (Å²) in [6.45, 7) is 6.13. The van der Waals surface area contributed by atoms with E-state index in [1.165, 1.54) is 5.56 Å². The topological polar surface area (TPSA) is 72.3 Å². The summed E-state index contributed by atoms with van der Waals surface area (Å²) in [5.74, 6) is -0.223. The first-order valence-electron chi connectivity index (χ1n) is 7.38. The predicted molar refractivity (Wildman–Crippen MR) is 87.0 cm³/mol. The van der Waals surface area contributed by atoms with Crippen LogP contribution in [0.2, 0.25) is 0 Å². The third kappa shape index (κ3) is 4.53. The minimum absolute atomic E-state index is 0.223. The molecule has 1 aromatic carbocycles. The van der Waals surface area contributed by atoms with Crippen LogP contribution in [-0.2, 0) is 12.8 Å². The van der Waals surface area contributed by atoms with Crippen molar-refractivity contribution in [2.45, 2.75) is 57.9 Å². The molecule has 0 amide bonds. The lowest BCUT2D eigenvalue weighted by Crippen LogP contribution is -2.20. The number of benzene rings is 1. The van der Waals surface area contributed by atoms with Crippen molar-refractivity contribution < 1.29 is 5.11 Å². The third-order valence-electron chi connectivity index (χ3n) is 3.62. The van der Waals surface area contributed by atoms with Gasteiger partial charge in [0.25, 0.3) is 0 Å². The molecule has 5 N–H and O–H groups in total. The zero-order chi connectivity index (χ0) is 15.3. The monoisotopic (exact) mass is 274 g/mol.